The molecule has 0 bridgehead atoms. The average Bonchev–Trinajstić information content (AvgIpc) is 2.95. The van der Waals surface area contributed by atoms with E-state index in [0.717, 1.165) is 0 Å². The van der Waals surface area contributed by atoms with Crippen molar-refractivity contribution in [2.45, 2.75) is 51.4 Å². The van der Waals surface area contributed by atoms with E-state index in [4.69, 9.17) is 4.74 Å². The second-order valence-electron chi connectivity index (χ2n) is 6.51. The van der Waals surface area contributed by atoms with Crippen LogP contribution in [-0.4, -0.2) is 50.8 Å². The summed E-state index contributed by atoms with van der Waals surface area (Å²) >= 11 is 1.29. The minimum atomic E-state index is -1.17. The molecule has 0 spiro atoms. The third kappa shape index (κ3) is 3.56. The van der Waals surface area contributed by atoms with Gasteiger partial charge in [-0.15, -0.1) is 11.3 Å². The Hall–Kier alpha value is -1.67. The summed E-state index contributed by atoms with van der Waals surface area (Å²) in [6.07, 6.45) is 0.363. The fourth-order valence-electron chi connectivity index (χ4n) is 2.37. The highest BCUT2D eigenvalue weighted by atomic mass is 32.1. The van der Waals surface area contributed by atoms with Crippen molar-refractivity contribution in [3.8, 4) is 0 Å². The highest BCUT2D eigenvalue weighted by molar-refractivity contribution is 7.13. The van der Waals surface area contributed by atoms with Crippen LogP contribution in [0.5, 0.6) is 0 Å². The highest BCUT2D eigenvalue weighted by Gasteiger charge is 2.51. The van der Waals surface area contributed by atoms with Crippen LogP contribution >= 0.6 is 11.3 Å². The molecule has 1 aromatic rings. The first kappa shape index (κ1) is 16.7. The summed E-state index contributed by atoms with van der Waals surface area (Å²) in [7, 11) is 0. The number of aromatic nitrogens is 1. The summed E-state index contributed by atoms with van der Waals surface area (Å²) in [5.74, 6) is -0.384. The summed E-state index contributed by atoms with van der Waals surface area (Å²) in [6.45, 7) is 6.95. The molecule has 0 saturated carbocycles. The predicted molar refractivity (Wildman–Crippen MR) is 82.7 cm³/mol. The fraction of sp³-hybridized carbons (Fsp3) is 0.643. The van der Waals surface area contributed by atoms with Crippen molar-refractivity contribution in [1.82, 2.24) is 9.88 Å². The Bertz CT molecular complexity index is 555. The lowest BCUT2D eigenvalue weighted by Gasteiger charge is -2.34. The first-order chi connectivity index (χ1) is 10.1. The van der Waals surface area contributed by atoms with Crippen molar-refractivity contribution in [1.29, 1.82) is 0 Å². The number of carbonyl (C=O) groups excluding carboxylic acids is 2. The van der Waals surface area contributed by atoms with Crippen LogP contribution in [0.1, 0.15) is 34.1 Å². The van der Waals surface area contributed by atoms with Crippen LogP contribution in [0.3, 0.4) is 0 Å². The van der Waals surface area contributed by atoms with Gasteiger partial charge in [0.05, 0.1) is 12.6 Å². The molecule has 7 nitrogen and oxygen atoms in total. The Morgan fingerprint density at radius 2 is 2.23 bits per heavy atom. The number of amides is 2. The first-order valence-corrected chi connectivity index (χ1v) is 7.89. The lowest BCUT2D eigenvalue weighted by Crippen LogP contribution is -2.54. The van der Waals surface area contributed by atoms with Crippen molar-refractivity contribution < 1.29 is 19.4 Å². The van der Waals surface area contributed by atoms with Gasteiger partial charge in [-0.05, 0) is 27.7 Å². The van der Waals surface area contributed by atoms with Gasteiger partial charge in [-0.25, -0.2) is 9.78 Å². The fourth-order valence-corrected chi connectivity index (χ4v) is 2.89. The molecule has 1 aromatic heterocycles. The van der Waals surface area contributed by atoms with Crippen LogP contribution in [0.4, 0.5) is 9.93 Å². The number of aliphatic hydroxyl groups is 1. The number of hydrogen-bond donors (Lipinski definition) is 2. The average molecular weight is 327 g/mol. The number of nitrogens with zero attached hydrogens (tertiary/aromatic N) is 2. The highest BCUT2D eigenvalue weighted by Crippen LogP contribution is 2.32. The summed E-state index contributed by atoms with van der Waals surface area (Å²) < 4.78 is 5.33. The minimum Gasteiger partial charge on any atom is -0.444 e. The molecule has 0 radical (unpaired) electrons. The van der Waals surface area contributed by atoms with Crippen molar-refractivity contribution in [3.63, 3.8) is 0 Å². The molecule has 122 valence electrons. The van der Waals surface area contributed by atoms with Crippen molar-refractivity contribution in [2.75, 3.05) is 11.9 Å². The van der Waals surface area contributed by atoms with Gasteiger partial charge in [0.1, 0.15) is 11.1 Å². The van der Waals surface area contributed by atoms with Gasteiger partial charge in [0.15, 0.2) is 5.13 Å². The summed E-state index contributed by atoms with van der Waals surface area (Å²) in [5, 5.41) is 14.8. The normalized spacial score (nSPS) is 25.1. The Balaban J connectivity index is 2.17. The van der Waals surface area contributed by atoms with E-state index < -0.39 is 23.3 Å². The van der Waals surface area contributed by atoms with Crippen molar-refractivity contribution >= 4 is 28.5 Å². The van der Waals surface area contributed by atoms with Crippen LogP contribution in [-0.2, 0) is 9.53 Å². The molecule has 1 aliphatic rings. The second kappa shape index (κ2) is 5.85. The van der Waals surface area contributed by atoms with Gasteiger partial charge in [0, 0.05) is 18.0 Å². The van der Waals surface area contributed by atoms with Crippen molar-refractivity contribution in [3.05, 3.63) is 11.6 Å². The van der Waals surface area contributed by atoms with E-state index >= 15 is 0 Å². The molecule has 1 fully saturated rings. The molecule has 2 amide bonds. The maximum atomic E-state index is 12.6. The van der Waals surface area contributed by atoms with E-state index in [2.05, 4.69) is 10.3 Å². The number of carbonyl (C=O) groups is 2. The smallest absolute Gasteiger partial charge is 0.411 e. The molecule has 2 unspecified atom stereocenters. The summed E-state index contributed by atoms with van der Waals surface area (Å²) in [5.41, 5.74) is -1.84. The van der Waals surface area contributed by atoms with E-state index in [1.54, 1.807) is 39.3 Å². The number of thiazole rings is 1. The molecular weight excluding hydrogens is 306 g/mol. The zero-order valence-corrected chi connectivity index (χ0v) is 13.9. The molecule has 0 aliphatic carbocycles. The predicted octanol–water partition coefficient (Wildman–Crippen LogP) is 1.84. The van der Waals surface area contributed by atoms with E-state index in [-0.39, 0.29) is 18.9 Å². The van der Waals surface area contributed by atoms with E-state index in [0.29, 0.717) is 5.13 Å². The molecule has 8 heteroatoms. The van der Waals surface area contributed by atoms with Crippen LogP contribution in [0.2, 0.25) is 0 Å². The third-order valence-electron chi connectivity index (χ3n) is 3.38. The van der Waals surface area contributed by atoms with Gasteiger partial charge in [0.25, 0.3) is 5.91 Å². The number of hydrogen-bond acceptors (Lipinski definition) is 6. The number of β-amino-alcohol motifs (C(OH)–C–C–N with tert-alkyl or cyclic N) is 1. The monoisotopic (exact) mass is 327 g/mol. The molecule has 2 rings (SSSR count). The lowest BCUT2D eigenvalue weighted by atomic mass is 9.97. The van der Waals surface area contributed by atoms with Crippen LogP contribution < -0.4 is 5.32 Å². The number of nitrogens with one attached hydrogen (secondary N) is 1. The summed E-state index contributed by atoms with van der Waals surface area (Å²) in [4.78, 5) is 30.2. The van der Waals surface area contributed by atoms with Crippen LogP contribution in [0.15, 0.2) is 11.6 Å². The van der Waals surface area contributed by atoms with Crippen LogP contribution in [0.25, 0.3) is 0 Å². The summed E-state index contributed by atoms with van der Waals surface area (Å²) in [6, 6.07) is 0. The number of aliphatic hydroxyl groups excluding tert-OH is 1. The Morgan fingerprint density at radius 1 is 1.55 bits per heavy atom. The second-order valence-corrected chi connectivity index (χ2v) is 7.41. The zero-order valence-electron chi connectivity index (χ0n) is 13.1. The van der Waals surface area contributed by atoms with Gasteiger partial charge in [-0.2, -0.15) is 0 Å². The number of rotatable bonds is 2. The van der Waals surface area contributed by atoms with Crippen LogP contribution in [0, 0.1) is 0 Å². The Kier molecular flexibility index (Phi) is 4.44. The maximum absolute atomic E-state index is 12.6. The molecule has 1 saturated heterocycles. The number of ether oxygens (including phenoxy) is 1. The SMILES string of the molecule is CC(C)(C)OC(=O)N1CC(O)CC1(C)C(=O)Nc1nccs1. The molecule has 2 N–H and O–H groups in total. The van der Waals surface area contributed by atoms with Gasteiger partial charge in [-0.3, -0.25) is 15.0 Å². The third-order valence-corrected chi connectivity index (χ3v) is 4.07. The number of anilines is 1. The maximum Gasteiger partial charge on any atom is 0.411 e. The Labute approximate surface area is 133 Å². The van der Waals surface area contributed by atoms with Gasteiger partial charge >= 0.3 is 6.09 Å². The molecule has 2 atom stereocenters. The minimum absolute atomic E-state index is 0.0662. The van der Waals surface area contributed by atoms with E-state index in [1.165, 1.54) is 16.2 Å². The van der Waals surface area contributed by atoms with E-state index in [1.807, 2.05) is 0 Å². The first-order valence-electron chi connectivity index (χ1n) is 7.01. The van der Waals surface area contributed by atoms with Gasteiger partial charge in [-0.1, -0.05) is 0 Å². The topological polar surface area (TPSA) is 91.8 Å². The standard InChI is InChI=1S/C14H21N3O4S/c1-13(2,3)21-12(20)17-8-9(18)7-14(17,4)10(19)16-11-15-5-6-22-11/h5-6,9,18H,7-8H2,1-4H3,(H,15,16,19). The number of likely N-dealkylation sites (tertiary alicyclic amines) is 1. The Morgan fingerprint density at radius 3 is 2.77 bits per heavy atom. The largest absolute Gasteiger partial charge is 0.444 e. The zero-order chi connectivity index (χ0) is 16.5. The molecule has 2 heterocycles. The molecule has 0 aromatic carbocycles. The van der Waals surface area contributed by atoms with Crippen molar-refractivity contribution in [2.24, 2.45) is 0 Å². The van der Waals surface area contributed by atoms with Gasteiger partial charge < -0.3 is 9.84 Å². The molecule has 1 aliphatic heterocycles. The lowest BCUT2D eigenvalue weighted by molar-refractivity contribution is -0.125. The quantitative estimate of drug-likeness (QED) is 0.865. The molecular formula is C14H21N3O4S. The van der Waals surface area contributed by atoms with E-state index in [9.17, 15) is 14.7 Å². The van der Waals surface area contributed by atoms with Gasteiger partial charge in [0.2, 0.25) is 0 Å². The molecule has 22 heavy (non-hydrogen) atoms.